The van der Waals surface area contributed by atoms with Gasteiger partial charge in [-0.1, -0.05) is 54.1 Å². The van der Waals surface area contributed by atoms with Gasteiger partial charge in [-0.05, 0) is 40.5 Å². The van der Waals surface area contributed by atoms with E-state index in [0.29, 0.717) is 0 Å². The first-order chi connectivity index (χ1) is 9.90. The van der Waals surface area contributed by atoms with E-state index < -0.39 is 0 Å². The van der Waals surface area contributed by atoms with Crippen molar-refractivity contribution in [3.8, 4) is 0 Å². The van der Waals surface area contributed by atoms with Gasteiger partial charge in [0.2, 0.25) is 0 Å². The molecule has 0 saturated carbocycles. The number of allylic oxidation sites excluding steroid dienone is 3. The van der Waals surface area contributed by atoms with Gasteiger partial charge in [-0.15, -0.1) is 10.2 Å². The van der Waals surface area contributed by atoms with Crippen LogP contribution in [-0.4, -0.2) is 5.71 Å². The van der Waals surface area contributed by atoms with Gasteiger partial charge in [0.15, 0.2) is 0 Å². The van der Waals surface area contributed by atoms with Crippen LogP contribution in [0.25, 0.3) is 10.8 Å². The van der Waals surface area contributed by atoms with Crippen molar-refractivity contribution in [3.05, 3.63) is 71.5 Å². The summed E-state index contributed by atoms with van der Waals surface area (Å²) in [6, 6.07) is 15.0. The number of hydrogen-bond donors (Lipinski definition) is 0. The van der Waals surface area contributed by atoms with Crippen LogP contribution < -0.4 is 0 Å². The maximum Gasteiger partial charge on any atom is 0.115 e. The van der Waals surface area contributed by atoms with E-state index in [9.17, 15) is 0 Å². The summed E-state index contributed by atoms with van der Waals surface area (Å²) in [6.07, 6.45) is 6.10. The Labute approximate surface area is 117 Å². The fourth-order valence-corrected chi connectivity index (χ4v) is 2.76. The second kappa shape index (κ2) is 4.53. The first kappa shape index (κ1) is 11.3. The van der Waals surface area contributed by atoms with Gasteiger partial charge < -0.3 is 0 Å². The SMILES string of the molecule is C1=C(Cc2cccc3ccccc23)CC=C2N=NN=C12. The Morgan fingerprint density at radius 2 is 1.90 bits per heavy atom. The molecule has 0 bridgehead atoms. The quantitative estimate of drug-likeness (QED) is 0.765. The standard InChI is InChI=1S/C17H13N3/c1-2-7-15-13(4-1)5-3-6-14(15)10-12-8-9-16-17(11-12)19-20-18-16/h1-7,9,11H,8,10H2. The lowest BCUT2D eigenvalue weighted by atomic mass is 9.93. The van der Waals surface area contributed by atoms with Crippen molar-refractivity contribution in [2.75, 3.05) is 0 Å². The molecule has 4 rings (SSSR count). The molecule has 0 fully saturated rings. The molecule has 0 unspecified atom stereocenters. The molecule has 3 heteroatoms. The predicted octanol–water partition coefficient (Wildman–Crippen LogP) is 4.42. The summed E-state index contributed by atoms with van der Waals surface area (Å²) in [6.45, 7) is 0. The molecule has 0 amide bonds. The van der Waals surface area contributed by atoms with E-state index in [-0.39, 0.29) is 0 Å². The highest BCUT2D eigenvalue weighted by molar-refractivity contribution is 6.10. The zero-order chi connectivity index (χ0) is 13.4. The molecule has 0 spiro atoms. The maximum absolute atomic E-state index is 4.04. The minimum Gasteiger partial charge on any atom is -0.129 e. The fourth-order valence-electron chi connectivity index (χ4n) is 2.76. The van der Waals surface area contributed by atoms with Gasteiger partial charge in [0, 0.05) is 0 Å². The molecule has 0 saturated heterocycles. The maximum atomic E-state index is 4.04. The highest BCUT2D eigenvalue weighted by Crippen LogP contribution is 2.26. The van der Waals surface area contributed by atoms with Crippen LogP contribution in [0.1, 0.15) is 12.0 Å². The predicted molar refractivity (Wildman–Crippen MR) is 80.7 cm³/mol. The lowest BCUT2D eigenvalue weighted by Gasteiger charge is -2.12. The van der Waals surface area contributed by atoms with Crippen LogP contribution in [0.2, 0.25) is 0 Å². The van der Waals surface area contributed by atoms with Crippen LogP contribution in [-0.2, 0) is 6.42 Å². The van der Waals surface area contributed by atoms with Crippen molar-refractivity contribution >= 4 is 16.5 Å². The molecular formula is C17H13N3. The van der Waals surface area contributed by atoms with Crippen molar-refractivity contribution in [1.29, 1.82) is 0 Å². The third-order valence-corrected chi connectivity index (χ3v) is 3.76. The van der Waals surface area contributed by atoms with Crippen LogP contribution in [0.15, 0.2) is 81.3 Å². The van der Waals surface area contributed by atoms with Crippen molar-refractivity contribution < 1.29 is 0 Å². The van der Waals surface area contributed by atoms with Gasteiger partial charge in [0.25, 0.3) is 0 Å². The Morgan fingerprint density at radius 3 is 2.90 bits per heavy atom. The van der Waals surface area contributed by atoms with Crippen LogP contribution in [0.4, 0.5) is 0 Å². The molecular weight excluding hydrogens is 246 g/mol. The number of hydrogen-bond acceptors (Lipinski definition) is 3. The minimum atomic E-state index is 0.895. The molecule has 20 heavy (non-hydrogen) atoms. The lowest BCUT2D eigenvalue weighted by molar-refractivity contribution is 1.05. The highest BCUT2D eigenvalue weighted by Gasteiger charge is 2.16. The summed E-state index contributed by atoms with van der Waals surface area (Å²) in [5.41, 5.74) is 4.52. The van der Waals surface area contributed by atoms with Gasteiger partial charge >= 0.3 is 0 Å². The number of nitrogens with zero attached hydrogens (tertiary/aromatic N) is 3. The number of fused-ring (bicyclic) bond motifs is 2. The van der Waals surface area contributed by atoms with Gasteiger partial charge in [-0.2, -0.15) is 0 Å². The van der Waals surface area contributed by atoms with Gasteiger partial charge in [-0.25, -0.2) is 0 Å². The smallest absolute Gasteiger partial charge is 0.115 e. The van der Waals surface area contributed by atoms with E-state index in [0.717, 1.165) is 24.3 Å². The zero-order valence-corrected chi connectivity index (χ0v) is 11.0. The highest BCUT2D eigenvalue weighted by atomic mass is 15.4. The summed E-state index contributed by atoms with van der Waals surface area (Å²) in [7, 11) is 0. The van der Waals surface area contributed by atoms with E-state index in [2.05, 4.69) is 70.1 Å². The van der Waals surface area contributed by atoms with Crippen molar-refractivity contribution in [1.82, 2.24) is 0 Å². The molecule has 0 aromatic heterocycles. The average molecular weight is 259 g/mol. The van der Waals surface area contributed by atoms with Crippen LogP contribution in [0, 0.1) is 0 Å². The van der Waals surface area contributed by atoms with Crippen molar-refractivity contribution in [2.24, 2.45) is 15.4 Å². The molecule has 0 N–H and O–H groups in total. The van der Waals surface area contributed by atoms with Gasteiger partial charge in [0.1, 0.15) is 11.4 Å². The number of rotatable bonds is 2. The molecule has 0 radical (unpaired) electrons. The van der Waals surface area contributed by atoms with Crippen LogP contribution in [0.5, 0.6) is 0 Å². The molecule has 2 aromatic rings. The van der Waals surface area contributed by atoms with Crippen LogP contribution in [0.3, 0.4) is 0 Å². The Hall–Kier alpha value is -2.55. The Bertz CT molecular complexity index is 805. The summed E-state index contributed by atoms with van der Waals surface area (Å²) in [5.74, 6) is 0. The number of benzene rings is 2. The molecule has 1 heterocycles. The van der Waals surface area contributed by atoms with E-state index in [1.54, 1.807) is 0 Å². The summed E-state index contributed by atoms with van der Waals surface area (Å²) in [5, 5.41) is 14.4. The average Bonchev–Trinajstić information content (AvgIpc) is 2.95. The second-order valence-corrected chi connectivity index (χ2v) is 5.09. The van der Waals surface area contributed by atoms with E-state index >= 15 is 0 Å². The summed E-state index contributed by atoms with van der Waals surface area (Å²) < 4.78 is 0. The Kier molecular flexibility index (Phi) is 2.56. The molecule has 1 aliphatic heterocycles. The lowest BCUT2D eigenvalue weighted by Crippen LogP contribution is -2.03. The fraction of sp³-hybridized carbons (Fsp3) is 0.118. The molecule has 3 nitrogen and oxygen atoms in total. The van der Waals surface area contributed by atoms with Crippen LogP contribution >= 0.6 is 0 Å². The largest absolute Gasteiger partial charge is 0.129 e. The van der Waals surface area contributed by atoms with Crippen molar-refractivity contribution in [2.45, 2.75) is 12.8 Å². The zero-order valence-electron chi connectivity index (χ0n) is 11.0. The first-order valence-corrected chi connectivity index (χ1v) is 6.75. The minimum absolute atomic E-state index is 0.895. The molecule has 0 atom stereocenters. The first-order valence-electron chi connectivity index (χ1n) is 6.75. The van der Waals surface area contributed by atoms with E-state index in [1.165, 1.54) is 21.9 Å². The summed E-state index contributed by atoms with van der Waals surface area (Å²) >= 11 is 0. The van der Waals surface area contributed by atoms with Crippen molar-refractivity contribution in [3.63, 3.8) is 0 Å². The Morgan fingerprint density at radius 1 is 1.00 bits per heavy atom. The van der Waals surface area contributed by atoms with Gasteiger partial charge in [0.05, 0.1) is 0 Å². The second-order valence-electron chi connectivity index (χ2n) is 5.09. The van der Waals surface area contributed by atoms with E-state index in [1.807, 2.05) is 0 Å². The molecule has 2 aromatic carbocycles. The van der Waals surface area contributed by atoms with Gasteiger partial charge in [-0.3, -0.25) is 0 Å². The normalized spacial score (nSPS) is 16.7. The molecule has 2 aliphatic rings. The molecule has 1 aliphatic carbocycles. The summed E-state index contributed by atoms with van der Waals surface area (Å²) in [4.78, 5) is 0. The van der Waals surface area contributed by atoms with E-state index in [4.69, 9.17) is 0 Å². The topological polar surface area (TPSA) is 37.1 Å². The third kappa shape index (κ3) is 1.88. The monoisotopic (exact) mass is 259 g/mol. The third-order valence-electron chi connectivity index (χ3n) is 3.76. The Balaban J connectivity index is 1.69. The molecule has 96 valence electrons.